The van der Waals surface area contributed by atoms with Gasteiger partial charge >= 0.3 is 6.01 Å². The van der Waals surface area contributed by atoms with E-state index < -0.39 is 12.3 Å². The number of hydrogen-bond acceptors (Lipinski definition) is 7. The Kier molecular flexibility index (Phi) is 4.04. The Hall–Kier alpha value is -3.04. The molecule has 0 bridgehead atoms. The average Bonchev–Trinajstić information content (AvgIpc) is 3.16. The van der Waals surface area contributed by atoms with Crippen molar-refractivity contribution in [2.45, 2.75) is 19.3 Å². The molecule has 3 aromatic heterocycles. The molecule has 1 spiro atoms. The first-order chi connectivity index (χ1) is 14.0. The van der Waals surface area contributed by atoms with Gasteiger partial charge in [0.05, 0.1) is 25.5 Å². The summed E-state index contributed by atoms with van der Waals surface area (Å²) < 4.78 is 39.3. The van der Waals surface area contributed by atoms with Gasteiger partial charge in [0.25, 0.3) is 0 Å². The molecule has 2 fully saturated rings. The number of rotatable bonds is 5. The van der Waals surface area contributed by atoms with E-state index in [0.717, 1.165) is 18.5 Å². The van der Waals surface area contributed by atoms with E-state index in [1.54, 1.807) is 23.1 Å². The minimum absolute atomic E-state index is 0.185. The molecule has 1 unspecified atom stereocenters. The third-order valence-corrected chi connectivity index (χ3v) is 5.97. The Morgan fingerprint density at radius 2 is 2.03 bits per heavy atom. The van der Waals surface area contributed by atoms with Gasteiger partial charge in [-0.05, 0) is 24.3 Å². The molecule has 2 aliphatic rings. The summed E-state index contributed by atoms with van der Waals surface area (Å²) in [5.41, 5.74) is 2.27. The molecule has 3 aromatic rings. The van der Waals surface area contributed by atoms with E-state index in [0.29, 0.717) is 35.9 Å². The minimum atomic E-state index is -2.32. The third-order valence-electron chi connectivity index (χ3n) is 5.97. The van der Waals surface area contributed by atoms with Crippen molar-refractivity contribution in [2.75, 3.05) is 32.2 Å². The Bertz CT molecular complexity index is 1070. The lowest BCUT2D eigenvalue weighted by Gasteiger charge is -2.20. The van der Waals surface area contributed by atoms with Crippen LogP contribution in [0.4, 0.5) is 14.5 Å². The fraction of sp³-hybridized carbons (Fsp3) is 0.474. The van der Waals surface area contributed by atoms with Crippen LogP contribution in [0.1, 0.15) is 12.8 Å². The van der Waals surface area contributed by atoms with Crippen LogP contribution < -0.4 is 14.4 Å². The van der Waals surface area contributed by atoms with Gasteiger partial charge in [-0.25, -0.2) is 23.3 Å². The van der Waals surface area contributed by atoms with E-state index in [-0.39, 0.29) is 11.4 Å². The second-order valence-corrected chi connectivity index (χ2v) is 7.57. The van der Waals surface area contributed by atoms with Crippen LogP contribution in [0.15, 0.2) is 24.7 Å². The molecule has 0 N–H and O–H groups in total. The molecule has 8 nitrogen and oxygen atoms in total. The Morgan fingerprint density at radius 3 is 2.69 bits per heavy atom. The molecule has 4 heterocycles. The van der Waals surface area contributed by atoms with Crippen molar-refractivity contribution in [3.63, 3.8) is 0 Å². The number of nitrogens with zero attached hydrogens (tertiary/aromatic N) is 6. The number of methoxy groups -OCH3 is 2. The number of aromatic nitrogens is 5. The first-order valence-corrected chi connectivity index (χ1v) is 9.37. The smallest absolute Gasteiger partial charge is 0.319 e. The summed E-state index contributed by atoms with van der Waals surface area (Å²) >= 11 is 0. The van der Waals surface area contributed by atoms with Crippen molar-refractivity contribution in [2.24, 2.45) is 11.3 Å². The number of fused-ring (bicyclic) bond motifs is 1. The second-order valence-electron chi connectivity index (χ2n) is 7.57. The zero-order chi connectivity index (χ0) is 20.2. The van der Waals surface area contributed by atoms with E-state index >= 15 is 0 Å². The maximum Gasteiger partial charge on any atom is 0.319 e. The molecular formula is C19H20F2N6O2. The van der Waals surface area contributed by atoms with Gasteiger partial charge in [-0.3, -0.25) is 0 Å². The van der Waals surface area contributed by atoms with Crippen LogP contribution in [0.3, 0.4) is 0 Å². The standard InChI is InChI=1S/C19H20F2N6O2/c1-28-17-11(8-23-18(24-17)29-2)13-7-14(16-22-5-6-27(16)25-13)26-9-12(15(20)21)19(10-26)3-4-19/h5-8,12,15H,3-4,9-10H2,1-2H3. The Morgan fingerprint density at radius 1 is 1.21 bits per heavy atom. The normalized spacial score (nSPS) is 20.0. The van der Waals surface area contributed by atoms with Gasteiger partial charge in [0.2, 0.25) is 12.3 Å². The van der Waals surface area contributed by atoms with Gasteiger partial charge in [0.1, 0.15) is 5.69 Å². The van der Waals surface area contributed by atoms with E-state index in [2.05, 4.69) is 20.1 Å². The molecule has 1 saturated carbocycles. The highest BCUT2D eigenvalue weighted by Gasteiger charge is 2.58. The quantitative estimate of drug-likeness (QED) is 0.649. The van der Waals surface area contributed by atoms with E-state index in [4.69, 9.17) is 9.47 Å². The van der Waals surface area contributed by atoms with E-state index in [1.165, 1.54) is 14.2 Å². The van der Waals surface area contributed by atoms with E-state index in [1.807, 2.05) is 11.0 Å². The van der Waals surface area contributed by atoms with Gasteiger partial charge in [-0.2, -0.15) is 10.1 Å². The SMILES string of the molecule is COc1ncc(-c2cc(N3CC(C(F)F)C4(CC4)C3)c3nccn3n2)c(OC)n1. The highest BCUT2D eigenvalue weighted by atomic mass is 19.3. The van der Waals surface area contributed by atoms with Crippen molar-refractivity contribution >= 4 is 11.3 Å². The number of halogens is 2. The van der Waals surface area contributed by atoms with Crippen LogP contribution in [-0.2, 0) is 0 Å². The van der Waals surface area contributed by atoms with Gasteiger partial charge in [-0.1, -0.05) is 0 Å². The summed E-state index contributed by atoms with van der Waals surface area (Å²) in [5.74, 6) is -0.298. The molecule has 0 aromatic carbocycles. The third kappa shape index (κ3) is 2.85. The van der Waals surface area contributed by atoms with Gasteiger partial charge in [0, 0.05) is 37.6 Å². The lowest BCUT2D eigenvalue weighted by Crippen LogP contribution is -2.23. The maximum absolute atomic E-state index is 13.6. The van der Waals surface area contributed by atoms with Crippen LogP contribution in [0.25, 0.3) is 16.9 Å². The van der Waals surface area contributed by atoms with Crippen molar-refractivity contribution in [3.8, 4) is 23.1 Å². The van der Waals surface area contributed by atoms with Crippen LogP contribution in [0, 0.1) is 11.3 Å². The number of ether oxygens (including phenoxy) is 2. The summed E-state index contributed by atoms with van der Waals surface area (Å²) in [4.78, 5) is 14.8. The topological polar surface area (TPSA) is 77.7 Å². The first kappa shape index (κ1) is 18.0. The first-order valence-electron chi connectivity index (χ1n) is 9.37. The van der Waals surface area contributed by atoms with Gasteiger partial charge < -0.3 is 14.4 Å². The van der Waals surface area contributed by atoms with Crippen molar-refractivity contribution in [3.05, 3.63) is 24.7 Å². The largest absolute Gasteiger partial charge is 0.480 e. The fourth-order valence-corrected chi connectivity index (χ4v) is 4.26. The second kappa shape index (κ2) is 6.50. The maximum atomic E-state index is 13.6. The van der Waals surface area contributed by atoms with Crippen LogP contribution >= 0.6 is 0 Å². The van der Waals surface area contributed by atoms with Gasteiger partial charge in [0.15, 0.2) is 5.65 Å². The fourth-order valence-electron chi connectivity index (χ4n) is 4.26. The van der Waals surface area contributed by atoms with E-state index in [9.17, 15) is 8.78 Å². The van der Waals surface area contributed by atoms with Crippen molar-refractivity contribution in [1.82, 2.24) is 24.6 Å². The zero-order valence-electron chi connectivity index (χ0n) is 16.0. The van der Waals surface area contributed by atoms with Crippen LogP contribution in [0.5, 0.6) is 11.9 Å². The van der Waals surface area contributed by atoms with Crippen molar-refractivity contribution < 1.29 is 18.3 Å². The summed E-state index contributed by atoms with van der Waals surface area (Å²) in [6.45, 7) is 0.907. The summed E-state index contributed by atoms with van der Waals surface area (Å²) in [7, 11) is 2.98. The molecule has 0 amide bonds. The minimum Gasteiger partial charge on any atom is -0.480 e. The average molecular weight is 402 g/mol. The molecule has 5 rings (SSSR count). The zero-order valence-corrected chi connectivity index (χ0v) is 16.0. The predicted molar refractivity (Wildman–Crippen MR) is 100 cm³/mol. The Labute approximate surface area is 165 Å². The molecule has 10 heteroatoms. The number of anilines is 1. The summed E-state index contributed by atoms with van der Waals surface area (Å²) in [5, 5.41) is 4.59. The molecule has 152 valence electrons. The monoisotopic (exact) mass is 402 g/mol. The van der Waals surface area contributed by atoms with Crippen molar-refractivity contribution in [1.29, 1.82) is 0 Å². The molecule has 1 saturated heterocycles. The molecule has 29 heavy (non-hydrogen) atoms. The lowest BCUT2D eigenvalue weighted by molar-refractivity contribution is 0.0581. The predicted octanol–water partition coefficient (Wildman–Crippen LogP) is 2.69. The number of hydrogen-bond donors (Lipinski definition) is 0. The molecular weight excluding hydrogens is 382 g/mol. The lowest BCUT2D eigenvalue weighted by atomic mass is 9.93. The highest BCUT2D eigenvalue weighted by Crippen LogP contribution is 2.58. The molecule has 1 aliphatic heterocycles. The number of imidazole rings is 1. The summed E-state index contributed by atoms with van der Waals surface area (Å²) in [6.07, 6.45) is 4.32. The van der Waals surface area contributed by atoms with Crippen LogP contribution in [-0.4, -0.2) is 58.3 Å². The molecule has 1 aliphatic carbocycles. The molecule has 0 radical (unpaired) electrons. The Balaban J connectivity index is 1.60. The highest BCUT2D eigenvalue weighted by molar-refractivity contribution is 5.76. The number of alkyl halides is 2. The van der Waals surface area contributed by atoms with Crippen LogP contribution in [0.2, 0.25) is 0 Å². The summed E-state index contributed by atoms with van der Waals surface area (Å²) in [6, 6.07) is 2.03. The van der Waals surface area contributed by atoms with Gasteiger partial charge in [-0.15, -0.1) is 0 Å². The molecule has 1 atom stereocenters.